The van der Waals surface area contributed by atoms with E-state index in [9.17, 15) is 9.18 Å². The van der Waals surface area contributed by atoms with Crippen molar-refractivity contribution in [3.8, 4) is 5.82 Å². The Morgan fingerprint density at radius 2 is 1.79 bits per heavy atom. The number of piperidine rings is 1. The van der Waals surface area contributed by atoms with Gasteiger partial charge in [-0.1, -0.05) is 12.1 Å². The first-order chi connectivity index (χ1) is 13.7. The normalized spacial score (nSPS) is 14.8. The standard InChI is InChI=1S/C19H20FN7O/c20-16-3-1-14(2-4-16)11-22-19(28)15-7-9-26(10-8-15)17-5-6-18(25-24-17)27-13-21-12-23-27/h1-6,12-13,15H,7-11H2,(H,22,28). The molecule has 8 nitrogen and oxygen atoms in total. The molecule has 0 unspecified atom stereocenters. The molecule has 3 aromatic rings. The van der Waals surface area contributed by atoms with Crippen LogP contribution in [-0.2, 0) is 11.3 Å². The van der Waals surface area contributed by atoms with Crippen molar-refractivity contribution in [2.75, 3.05) is 18.0 Å². The Bertz CT molecular complexity index is 904. The van der Waals surface area contributed by atoms with Crippen LogP contribution < -0.4 is 10.2 Å². The van der Waals surface area contributed by atoms with Gasteiger partial charge in [-0.3, -0.25) is 4.79 Å². The van der Waals surface area contributed by atoms with Crippen LogP contribution in [0.25, 0.3) is 5.82 Å². The number of hydrogen-bond acceptors (Lipinski definition) is 6. The van der Waals surface area contributed by atoms with Gasteiger partial charge in [0.15, 0.2) is 11.6 Å². The quantitative estimate of drug-likeness (QED) is 0.724. The molecule has 2 aromatic heterocycles. The number of anilines is 1. The third-order valence-corrected chi connectivity index (χ3v) is 4.86. The van der Waals surface area contributed by atoms with Gasteiger partial charge in [0.2, 0.25) is 5.91 Å². The molecule has 1 N–H and O–H groups in total. The van der Waals surface area contributed by atoms with Gasteiger partial charge in [-0.2, -0.15) is 5.10 Å². The number of carbonyl (C=O) groups is 1. The second-order valence-electron chi connectivity index (χ2n) is 6.70. The zero-order chi connectivity index (χ0) is 19.3. The van der Waals surface area contributed by atoms with Gasteiger partial charge in [-0.05, 0) is 42.7 Å². The van der Waals surface area contributed by atoms with E-state index < -0.39 is 0 Å². The second kappa shape index (κ2) is 8.12. The van der Waals surface area contributed by atoms with Crippen molar-refractivity contribution in [3.05, 3.63) is 60.4 Å². The summed E-state index contributed by atoms with van der Waals surface area (Å²) < 4.78 is 14.5. The monoisotopic (exact) mass is 381 g/mol. The molecule has 1 fully saturated rings. The highest BCUT2D eigenvalue weighted by Gasteiger charge is 2.25. The third-order valence-electron chi connectivity index (χ3n) is 4.86. The fraction of sp³-hybridized carbons (Fsp3) is 0.316. The van der Waals surface area contributed by atoms with E-state index in [-0.39, 0.29) is 17.6 Å². The average molecular weight is 381 g/mol. The molecule has 4 rings (SSSR count). The average Bonchev–Trinajstić information content (AvgIpc) is 3.28. The summed E-state index contributed by atoms with van der Waals surface area (Å²) >= 11 is 0. The van der Waals surface area contributed by atoms with Crippen molar-refractivity contribution in [1.29, 1.82) is 0 Å². The largest absolute Gasteiger partial charge is 0.355 e. The van der Waals surface area contributed by atoms with Crippen LogP contribution in [0.3, 0.4) is 0 Å². The van der Waals surface area contributed by atoms with Gasteiger partial charge in [0, 0.05) is 25.6 Å². The smallest absolute Gasteiger partial charge is 0.223 e. The second-order valence-corrected chi connectivity index (χ2v) is 6.70. The summed E-state index contributed by atoms with van der Waals surface area (Å²) in [5.74, 6) is 1.13. The van der Waals surface area contributed by atoms with E-state index in [1.54, 1.807) is 23.1 Å². The fourth-order valence-corrected chi connectivity index (χ4v) is 3.24. The van der Waals surface area contributed by atoms with Crippen molar-refractivity contribution in [2.24, 2.45) is 5.92 Å². The molecule has 1 aliphatic heterocycles. The lowest BCUT2D eigenvalue weighted by Crippen LogP contribution is -2.40. The minimum absolute atomic E-state index is 0.0286. The van der Waals surface area contributed by atoms with Crippen molar-refractivity contribution in [1.82, 2.24) is 30.3 Å². The van der Waals surface area contributed by atoms with Crippen LogP contribution in [-0.4, -0.2) is 44.0 Å². The summed E-state index contributed by atoms with van der Waals surface area (Å²) in [4.78, 5) is 18.4. The molecule has 0 saturated carbocycles. The van der Waals surface area contributed by atoms with Crippen LogP contribution in [0.4, 0.5) is 10.2 Å². The minimum atomic E-state index is -0.278. The van der Waals surface area contributed by atoms with Gasteiger partial charge in [0.1, 0.15) is 18.5 Å². The molecular formula is C19H20FN7O. The van der Waals surface area contributed by atoms with Crippen LogP contribution in [0, 0.1) is 11.7 Å². The summed E-state index contributed by atoms with van der Waals surface area (Å²) in [7, 11) is 0. The van der Waals surface area contributed by atoms with E-state index in [0.29, 0.717) is 12.4 Å². The lowest BCUT2D eigenvalue weighted by Gasteiger charge is -2.31. The van der Waals surface area contributed by atoms with Crippen LogP contribution in [0.2, 0.25) is 0 Å². The summed E-state index contributed by atoms with van der Waals surface area (Å²) in [6.07, 6.45) is 4.52. The van der Waals surface area contributed by atoms with Crippen LogP contribution >= 0.6 is 0 Å². The number of aromatic nitrogens is 5. The summed E-state index contributed by atoms with van der Waals surface area (Å²) in [6, 6.07) is 9.90. The first-order valence-corrected chi connectivity index (χ1v) is 9.15. The number of carbonyl (C=O) groups excluding carboxylic acids is 1. The van der Waals surface area contributed by atoms with E-state index in [4.69, 9.17) is 0 Å². The van der Waals surface area contributed by atoms with E-state index in [2.05, 4.69) is 30.5 Å². The maximum Gasteiger partial charge on any atom is 0.223 e. The van der Waals surface area contributed by atoms with Crippen LogP contribution in [0.1, 0.15) is 18.4 Å². The molecule has 1 aliphatic rings. The predicted molar refractivity (Wildman–Crippen MR) is 100 cm³/mol. The van der Waals surface area contributed by atoms with Crippen molar-refractivity contribution < 1.29 is 9.18 Å². The lowest BCUT2D eigenvalue weighted by atomic mass is 9.96. The molecule has 1 amide bonds. The van der Waals surface area contributed by atoms with Gasteiger partial charge in [-0.15, -0.1) is 10.2 Å². The van der Waals surface area contributed by atoms with Crippen LogP contribution in [0.5, 0.6) is 0 Å². The Morgan fingerprint density at radius 3 is 2.43 bits per heavy atom. The Balaban J connectivity index is 1.28. The third kappa shape index (κ3) is 4.13. The maximum atomic E-state index is 12.9. The first kappa shape index (κ1) is 18.0. The van der Waals surface area contributed by atoms with Crippen molar-refractivity contribution >= 4 is 11.7 Å². The zero-order valence-electron chi connectivity index (χ0n) is 15.2. The lowest BCUT2D eigenvalue weighted by molar-refractivity contribution is -0.125. The molecule has 1 saturated heterocycles. The Morgan fingerprint density at radius 1 is 1.07 bits per heavy atom. The highest BCUT2D eigenvalue weighted by molar-refractivity contribution is 5.79. The molecule has 0 radical (unpaired) electrons. The first-order valence-electron chi connectivity index (χ1n) is 9.15. The minimum Gasteiger partial charge on any atom is -0.355 e. The van der Waals surface area contributed by atoms with E-state index >= 15 is 0 Å². The molecule has 0 bridgehead atoms. The zero-order valence-corrected chi connectivity index (χ0v) is 15.2. The number of rotatable bonds is 5. The van der Waals surface area contributed by atoms with Gasteiger partial charge in [0.25, 0.3) is 0 Å². The van der Waals surface area contributed by atoms with E-state index in [1.807, 2.05) is 12.1 Å². The highest BCUT2D eigenvalue weighted by Crippen LogP contribution is 2.22. The van der Waals surface area contributed by atoms with Gasteiger partial charge >= 0.3 is 0 Å². The molecule has 0 atom stereocenters. The molecule has 3 heterocycles. The molecule has 9 heteroatoms. The van der Waals surface area contributed by atoms with Crippen molar-refractivity contribution in [3.63, 3.8) is 0 Å². The Kier molecular flexibility index (Phi) is 5.22. The van der Waals surface area contributed by atoms with Gasteiger partial charge in [-0.25, -0.2) is 14.1 Å². The summed E-state index contributed by atoms with van der Waals surface area (Å²) in [6.45, 7) is 1.90. The number of benzene rings is 1. The number of nitrogens with zero attached hydrogens (tertiary/aromatic N) is 6. The number of nitrogens with one attached hydrogen (secondary N) is 1. The van der Waals surface area contributed by atoms with Crippen molar-refractivity contribution in [2.45, 2.75) is 19.4 Å². The summed E-state index contributed by atoms with van der Waals surface area (Å²) in [5.41, 5.74) is 0.884. The summed E-state index contributed by atoms with van der Waals surface area (Å²) in [5, 5.41) is 15.4. The molecule has 1 aromatic carbocycles. The van der Waals surface area contributed by atoms with Gasteiger partial charge < -0.3 is 10.2 Å². The number of amides is 1. The number of halogens is 1. The number of hydrogen-bond donors (Lipinski definition) is 1. The fourth-order valence-electron chi connectivity index (χ4n) is 3.24. The topological polar surface area (TPSA) is 88.8 Å². The molecule has 144 valence electrons. The SMILES string of the molecule is O=C(NCc1ccc(F)cc1)C1CCN(c2ccc(-n3cncn3)nn2)CC1. The van der Waals surface area contributed by atoms with Crippen LogP contribution in [0.15, 0.2) is 49.1 Å². The molecule has 28 heavy (non-hydrogen) atoms. The van der Waals surface area contributed by atoms with Gasteiger partial charge in [0.05, 0.1) is 0 Å². The molecular weight excluding hydrogens is 361 g/mol. The Labute approximate surface area is 161 Å². The molecule has 0 aliphatic carbocycles. The van der Waals surface area contributed by atoms with E-state index in [1.165, 1.54) is 18.5 Å². The predicted octanol–water partition coefficient (Wildman–Crippen LogP) is 1.73. The Hall–Kier alpha value is -3.36. The maximum absolute atomic E-state index is 12.9. The molecule has 0 spiro atoms. The van der Waals surface area contributed by atoms with E-state index in [0.717, 1.165) is 37.3 Å². The highest BCUT2D eigenvalue weighted by atomic mass is 19.1.